The molecule has 2 aromatic carbocycles. The molecule has 0 bridgehead atoms. The minimum absolute atomic E-state index is 0.0364. The largest absolute Gasteiger partial charge is 0.487 e. The summed E-state index contributed by atoms with van der Waals surface area (Å²) in [5.41, 5.74) is 2.64. The van der Waals surface area contributed by atoms with E-state index >= 15 is 0 Å². The molecule has 0 saturated heterocycles. The van der Waals surface area contributed by atoms with Crippen molar-refractivity contribution in [2.45, 2.75) is 58.6 Å². The number of carbonyl (C=O) groups excluding carboxylic acids is 1. The van der Waals surface area contributed by atoms with E-state index in [4.69, 9.17) is 21.1 Å². The first-order chi connectivity index (χ1) is 13.4. The van der Waals surface area contributed by atoms with E-state index in [0.717, 1.165) is 46.7 Å². The standard InChI is InChI=1S/C23H28ClNO3/c1-5-23(6-2)13-19(18-9-7-8-10-20(18)28-23)25-21(26)14-27-17-11-15(3)22(24)16(4)12-17/h7-12,19H,5-6,13-14H2,1-4H3,(H,25,26). The Bertz CT molecular complexity index is 838. The highest BCUT2D eigenvalue weighted by Gasteiger charge is 2.38. The number of aryl methyl sites for hydroxylation is 2. The molecule has 0 radical (unpaired) electrons. The molecule has 1 N–H and O–H groups in total. The Kier molecular flexibility index (Phi) is 6.19. The second-order valence-electron chi connectivity index (χ2n) is 7.51. The lowest BCUT2D eigenvalue weighted by Gasteiger charge is -2.41. The number of nitrogens with one attached hydrogen (secondary N) is 1. The average Bonchev–Trinajstić information content (AvgIpc) is 2.70. The molecule has 150 valence electrons. The van der Waals surface area contributed by atoms with Crippen LogP contribution < -0.4 is 14.8 Å². The Hall–Kier alpha value is -2.20. The van der Waals surface area contributed by atoms with E-state index in [1.165, 1.54) is 0 Å². The second-order valence-corrected chi connectivity index (χ2v) is 7.89. The molecule has 0 saturated carbocycles. The number of carbonyl (C=O) groups is 1. The van der Waals surface area contributed by atoms with Gasteiger partial charge in [-0.1, -0.05) is 43.6 Å². The van der Waals surface area contributed by atoms with Gasteiger partial charge in [-0.3, -0.25) is 4.79 Å². The van der Waals surface area contributed by atoms with E-state index in [0.29, 0.717) is 5.75 Å². The smallest absolute Gasteiger partial charge is 0.258 e. The topological polar surface area (TPSA) is 47.6 Å². The monoisotopic (exact) mass is 401 g/mol. The lowest BCUT2D eigenvalue weighted by atomic mass is 9.83. The van der Waals surface area contributed by atoms with Gasteiger partial charge in [0.2, 0.25) is 0 Å². The van der Waals surface area contributed by atoms with E-state index in [-0.39, 0.29) is 24.2 Å². The van der Waals surface area contributed by atoms with Crippen LogP contribution in [0.1, 0.15) is 55.8 Å². The van der Waals surface area contributed by atoms with Crippen LogP contribution in [-0.4, -0.2) is 18.1 Å². The minimum atomic E-state index is -0.252. The maximum atomic E-state index is 12.6. The number of halogens is 1. The predicted octanol–water partition coefficient (Wildman–Crippen LogP) is 5.53. The van der Waals surface area contributed by atoms with Crippen molar-refractivity contribution in [1.29, 1.82) is 0 Å². The van der Waals surface area contributed by atoms with Gasteiger partial charge in [-0.05, 0) is 56.0 Å². The van der Waals surface area contributed by atoms with Gasteiger partial charge < -0.3 is 14.8 Å². The molecule has 1 heterocycles. The molecule has 4 nitrogen and oxygen atoms in total. The lowest BCUT2D eigenvalue weighted by Crippen LogP contribution is -2.45. The maximum Gasteiger partial charge on any atom is 0.258 e. The molecule has 0 spiro atoms. The Balaban J connectivity index is 1.71. The van der Waals surface area contributed by atoms with Gasteiger partial charge in [0.05, 0.1) is 6.04 Å². The molecule has 3 rings (SSSR count). The number of hydrogen-bond donors (Lipinski definition) is 1. The highest BCUT2D eigenvalue weighted by molar-refractivity contribution is 6.32. The molecule has 1 aliphatic heterocycles. The summed E-state index contributed by atoms with van der Waals surface area (Å²) in [6, 6.07) is 11.5. The predicted molar refractivity (Wildman–Crippen MR) is 112 cm³/mol. The number of amides is 1. The van der Waals surface area contributed by atoms with Crippen LogP contribution in [0.25, 0.3) is 0 Å². The van der Waals surface area contributed by atoms with Gasteiger partial charge in [-0.25, -0.2) is 0 Å². The van der Waals surface area contributed by atoms with Gasteiger partial charge in [-0.2, -0.15) is 0 Å². The second kappa shape index (κ2) is 8.44. The van der Waals surface area contributed by atoms with E-state index in [9.17, 15) is 4.79 Å². The summed E-state index contributed by atoms with van der Waals surface area (Å²) in [5, 5.41) is 3.87. The van der Waals surface area contributed by atoms with Gasteiger partial charge in [0.1, 0.15) is 17.1 Å². The maximum absolute atomic E-state index is 12.6. The highest BCUT2D eigenvalue weighted by Crippen LogP contribution is 2.42. The molecule has 28 heavy (non-hydrogen) atoms. The Morgan fingerprint density at radius 3 is 2.50 bits per heavy atom. The number of fused-ring (bicyclic) bond motifs is 1. The van der Waals surface area contributed by atoms with Crippen LogP contribution in [0.2, 0.25) is 5.02 Å². The molecule has 2 aromatic rings. The molecular formula is C23H28ClNO3. The summed E-state index contributed by atoms with van der Waals surface area (Å²) in [5.74, 6) is 1.36. The minimum Gasteiger partial charge on any atom is -0.487 e. The quantitative estimate of drug-likeness (QED) is 0.691. The summed E-state index contributed by atoms with van der Waals surface area (Å²) in [6.07, 6.45) is 2.54. The Labute approximate surface area is 172 Å². The summed E-state index contributed by atoms with van der Waals surface area (Å²) in [7, 11) is 0. The highest BCUT2D eigenvalue weighted by atomic mass is 35.5. The fourth-order valence-electron chi connectivity index (χ4n) is 3.80. The Morgan fingerprint density at radius 2 is 1.86 bits per heavy atom. The molecule has 0 fully saturated rings. The molecule has 1 amide bonds. The van der Waals surface area contributed by atoms with Crippen molar-refractivity contribution >= 4 is 17.5 Å². The number of rotatable bonds is 6. The van der Waals surface area contributed by atoms with Crippen molar-refractivity contribution < 1.29 is 14.3 Å². The Morgan fingerprint density at radius 1 is 1.21 bits per heavy atom. The zero-order valence-electron chi connectivity index (χ0n) is 17.0. The summed E-state index contributed by atoms with van der Waals surface area (Å²) in [4.78, 5) is 12.6. The van der Waals surface area contributed by atoms with Crippen LogP contribution in [0, 0.1) is 13.8 Å². The molecule has 1 unspecified atom stereocenters. The summed E-state index contributed by atoms with van der Waals surface area (Å²) >= 11 is 6.20. The SMILES string of the molecule is CCC1(CC)CC(NC(=O)COc2cc(C)c(Cl)c(C)c2)c2ccccc2O1. The lowest BCUT2D eigenvalue weighted by molar-refractivity contribution is -0.124. The third-order valence-electron chi connectivity index (χ3n) is 5.60. The van der Waals surface area contributed by atoms with Crippen molar-refractivity contribution in [2.75, 3.05) is 6.61 Å². The molecule has 5 heteroatoms. The number of ether oxygens (including phenoxy) is 2. The van der Waals surface area contributed by atoms with Crippen molar-refractivity contribution in [1.82, 2.24) is 5.32 Å². The van der Waals surface area contributed by atoms with Crippen molar-refractivity contribution in [3.8, 4) is 11.5 Å². The van der Waals surface area contributed by atoms with Gasteiger partial charge in [0.15, 0.2) is 6.61 Å². The van der Waals surface area contributed by atoms with E-state index in [1.807, 2.05) is 50.2 Å². The fourth-order valence-corrected chi connectivity index (χ4v) is 3.91. The molecular weight excluding hydrogens is 374 g/mol. The third-order valence-corrected chi connectivity index (χ3v) is 6.20. The first-order valence-electron chi connectivity index (χ1n) is 9.84. The van der Waals surface area contributed by atoms with E-state index in [2.05, 4.69) is 19.2 Å². The number of para-hydroxylation sites is 1. The van der Waals surface area contributed by atoms with Crippen LogP contribution in [0.15, 0.2) is 36.4 Å². The van der Waals surface area contributed by atoms with Crippen LogP contribution in [-0.2, 0) is 4.79 Å². The summed E-state index contributed by atoms with van der Waals surface area (Å²) < 4.78 is 12.0. The van der Waals surface area contributed by atoms with Gasteiger partial charge >= 0.3 is 0 Å². The van der Waals surface area contributed by atoms with Crippen LogP contribution >= 0.6 is 11.6 Å². The van der Waals surface area contributed by atoms with Crippen LogP contribution in [0.3, 0.4) is 0 Å². The van der Waals surface area contributed by atoms with Crippen LogP contribution in [0.5, 0.6) is 11.5 Å². The summed E-state index contributed by atoms with van der Waals surface area (Å²) in [6.45, 7) is 8.08. The van der Waals surface area contributed by atoms with Gasteiger partial charge in [0, 0.05) is 17.0 Å². The molecule has 0 aromatic heterocycles. The van der Waals surface area contributed by atoms with Crippen LogP contribution in [0.4, 0.5) is 0 Å². The normalized spacial score (nSPS) is 17.4. The first-order valence-corrected chi connectivity index (χ1v) is 10.2. The third kappa shape index (κ3) is 4.27. The average molecular weight is 402 g/mol. The van der Waals surface area contributed by atoms with Gasteiger partial charge in [0.25, 0.3) is 5.91 Å². The first kappa shape index (κ1) is 20.5. The molecule has 1 atom stereocenters. The number of benzene rings is 2. The van der Waals surface area contributed by atoms with Crippen molar-refractivity contribution in [3.63, 3.8) is 0 Å². The van der Waals surface area contributed by atoms with Crippen molar-refractivity contribution in [2.24, 2.45) is 0 Å². The van der Waals surface area contributed by atoms with Gasteiger partial charge in [-0.15, -0.1) is 0 Å². The van der Waals surface area contributed by atoms with E-state index < -0.39 is 0 Å². The number of hydrogen-bond acceptors (Lipinski definition) is 3. The molecule has 1 aliphatic rings. The fraction of sp³-hybridized carbons (Fsp3) is 0.435. The van der Waals surface area contributed by atoms with E-state index in [1.54, 1.807) is 0 Å². The molecule has 0 aliphatic carbocycles. The zero-order chi connectivity index (χ0) is 20.3. The zero-order valence-corrected chi connectivity index (χ0v) is 17.7. The van der Waals surface area contributed by atoms with Crippen molar-refractivity contribution in [3.05, 3.63) is 58.1 Å².